The van der Waals surface area contributed by atoms with Crippen LogP contribution in [0, 0.1) is 6.92 Å². The fourth-order valence-corrected chi connectivity index (χ4v) is 1.76. The van der Waals surface area contributed by atoms with Crippen molar-refractivity contribution in [1.82, 2.24) is 5.16 Å². The van der Waals surface area contributed by atoms with Crippen LogP contribution in [-0.2, 0) is 0 Å². The Hall–Kier alpha value is -1.16. The number of benzene rings is 1. The van der Waals surface area contributed by atoms with Gasteiger partial charge in [0.05, 0.1) is 10.2 Å². The number of halogens is 1. The molecule has 2 aromatic rings. The highest BCUT2D eigenvalue weighted by molar-refractivity contribution is 9.10. The molecule has 0 amide bonds. The fraction of sp³-hybridized carbons (Fsp3) is 0.111. The molecule has 13 heavy (non-hydrogen) atoms. The van der Waals surface area contributed by atoms with Crippen LogP contribution in [0.1, 0.15) is 16.1 Å². The van der Waals surface area contributed by atoms with E-state index in [-0.39, 0.29) is 0 Å². The van der Waals surface area contributed by atoms with Crippen molar-refractivity contribution in [2.45, 2.75) is 6.92 Å². The maximum atomic E-state index is 10.6. The standard InChI is InChI=1S/C9H6BrNO2/c1-5-7-2-6(4-12)3-8(10)9(7)13-11-5/h2-4H,1H3. The lowest BCUT2D eigenvalue weighted by Gasteiger charge is -1.93. The van der Waals surface area contributed by atoms with Crippen LogP contribution in [-0.4, -0.2) is 11.4 Å². The van der Waals surface area contributed by atoms with E-state index in [0.717, 1.165) is 21.8 Å². The highest BCUT2D eigenvalue weighted by Crippen LogP contribution is 2.27. The summed E-state index contributed by atoms with van der Waals surface area (Å²) in [5.74, 6) is 0. The second-order valence-electron chi connectivity index (χ2n) is 2.77. The van der Waals surface area contributed by atoms with E-state index >= 15 is 0 Å². The van der Waals surface area contributed by atoms with E-state index in [1.54, 1.807) is 12.1 Å². The molecule has 0 aliphatic carbocycles. The first-order valence-electron chi connectivity index (χ1n) is 3.73. The van der Waals surface area contributed by atoms with Crippen molar-refractivity contribution in [3.8, 4) is 0 Å². The van der Waals surface area contributed by atoms with Crippen molar-refractivity contribution in [3.05, 3.63) is 27.9 Å². The molecular weight excluding hydrogens is 234 g/mol. The van der Waals surface area contributed by atoms with Crippen molar-refractivity contribution in [2.75, 3.05) is 0 Å². The largest absolute Gasteiger partial charge is 0.355 e. The normalized spacial score (nSPS) is 10.6. The van der Waals surface area contributed by atoms with Gasteiger partial charge in [-0.15, -0.1) is 0 Å². The number of hydrogen-bond acceptors (Lipinski definition) is 3. The van der Waals surface area contributed by atoms with Gasteiger partial charge in [-0.25, -0.2) is 0 Å². The van der Waals surface area contributed by atoms with Crippen molar-refractivity contribution < 1.29 is 9.32 Å². The number of carbonyl (C=O) groups excluding carboxylic acids is 1. The first-order valence-corrected chi connectivity index (χ1v) is 4.52. The van der Waals surface area contributed by atoms with E-state index in [1.807, 2.05) is 6.92 Å². The summed E-state index contributed by atoms with van der Waals surface area (Å²) in [6.45, 7) is 1.84. The van der Waals surface area contributed by atoms with Gasteiger partial charge in [-0.3, -0.25) is 4.79 Å². The molecule has 1 aromatic heterocycles. The minimum Gasteiger partial charge on any atom is -0.355 e. The number of aldehydes is 1. The topological polar surface area (TPSA) is 43.1 Å². The van der Waals surface area contributed by atoms with Crippen LogP contribution in [0.25, 0.3) is 11.0 Å². The summed E-state index contributed by atoms with van der Waals surface area (Å²) < 4.78 is 5.82. The van der Waals surface area contributed by atoms with E-state index in [4.69, 9.17) is 4.52 Å². The van der Waals surface area contributed by atoms with Crippen LogP contribution in [0.15, 0.2) is 21.1 Å². The Morgan fingerprint density at radius 1 is 1.54 bits per heavy atom. The molecule has 0 atom stereocenters. The fourth-order valence-electron chi connectivity index (χ4n) is 1.21. The van der Waals surface area contributed by atoms with Gasteiger partial charge >= 0.3 is 0 Å². The molecule has 0 fully saturated rings. The van der Waals surface area contributed by atoms with Crippen molar-refractivity contribution >= 4 is 33.2 Å². The van der Waals surface area contributed by atoms with Gasteiger partial charge in [-0.2, -0.15) is 0 Å². The molecule has 66 valence electrons. The van der Waals surface area contributed by atoms with E-state index in [9.17, 15) is 4.79 Å². The SMILES string of the molecule is Cc1noc2c(Br)cc(C=O)cc12. The van der Waals surface area contributed by atoms with Crippen LogP contribution in [0.4, 0.5) is 0 Å². The Morgan fingerprint density at radius 3 is 3.00 bits per heavy atom. The Labute approximate surface area is 82.8 Å². The minimum absolute atomic E-state index is 0.616. The molecule has 1 aromatic carbocycles. The number of aryl methyl sites for hydroxylation is 1. The highest BCUT2D eigenvalue weighted by Gasteiger charge is 2.08. The van der Waals surface area contributed by atoms with Gasteiger partial charge in [0.2, 0.25) is 0 Å². The average molecular weight is 240 g/mol. The van der Waals surface area contributed by atoms with Crippen molar-refractivity contribution in [3.63, 3.8) is 0 Å². The molecule has 0 unspecified atom stereocenters. The number of rotatable bonds is 1. The maximum absolute atomic E-state index is 10.6. The van der Waals surface area contributed by atoms with E-state index in [1.165, 1.54) is 0 Å². The quantitative estimate of drug-likeness (QED) is 0.719. The molecule has 0 N–H and O–H groups in total. The molecule has 0 aliphatic rings. The minimum atomic E-state index is 0.616. The van der Waals surface area contributed by atoms with E-state index in [2.05, 4.69) is 21.1 Å². The van der Waals surface area contributed by atoms with Gasteiger partial charge in [0.15, 0.2) is 5.58 Å². The average Bonchev–Trinajstić information content (AvgIpc) is 2.48. The summed E-state index contributed by atoms with van der Waals surface area (Å²) in [5, 5.41) is 4.68. The maximum Gasteiger partial charge on any atom is 0.181 e. The van der Waals surface area contributed by atoms with Crippen molar-refractivity contribution in [1.29, 1.82) is 0 Å². The predicted molar refractivity (Wildman–Crippen MR) is 51.8 cm³/mol. The van der Waals surface area contributed by atoms with Crippen LogP contribution in [0.5, 0.6) is 0 Å². The lowest BCUT2D eigenvalue weighted by molar-refractivity contribution is 0.112. The molecule has 2 rings (SSSR count). The van der Waals surface area contributed by atoms with Gasteiger partial charge < -0.3 is 4.52 Å². The summed E-state index contributed by atoms with van der Waals surface area (Å²) in [6, 6.07) is 3.47. The molecule has 3 nitrogen and oxygen atoms in total. The third-order valence-electron chi connectivity index (χ3n) is 1.87. The number of hydrogen-bond donors (Lipinski definition) is 0. The smallest absolute Gasteiger partial charge is 0.181 e. The molecule has 0 radical (unpaired) electrons. The Kier molecular flexibility index (Phi) is 1.92. The lowest BCUT2D eigenvalue weighted by atomic mass is 10.1. The monoisotopic (exact) mass is 239 g/mol. The summed E-state index contributed by atoms with van der Waals surface area (Å²) in [4.78, 5) is 10.6. The summed E-state index contributed by atoms with van der Waals surface area (Å²) in [5.41, 5.74) is 2.09. The van der Waals surface area contributed by atoms with Crippen LogP contribution < -0.4 is 0 Å². The number of aromatic nitrogens is 1. The first kappa shape index (κ1) is 8.44. The molecule has 0 saturated heterocycles. The van der Waals surface area contributed by atoms with Crippen LogP contribution in [0.3, 0.4) is 0 Å². The first-order chi connectivity index (χ1) is 6.22. The number of carbonyl (C=O) groups is 1. The van der Waals surface area contributed by atoms with Gasteiger partial charge in [0.1, 0.15) is 6.29 Å². The van der Waals surface area contributed by atoms with Gasteiger partial charge in [-0.1, -0.05) is 5.16 Å². The zero-order chi connectivity index (χ0) is 9.42. The summed E-state index contributed by atoms with van der Waals surface area (Å²) >= 11 is 3.31. The summed E-state index contributed by atoms with van der Waals surface area (Å²) in [6.07, 6.45) is 0.802. The summed E-state index contributed by atoms with van der Waals surface area (Å²) in [7, 11) is 0. The molecule has 0 saturated carbocycles. The molecule has 4 heteroatoms. The van der Waals surface area contributed by atoms with Gasteiger partial charge in [-0.05, 0) is 35.0 Å². The second-order valence-corrected chi connectivity index (χ2v) is 3.62. The number of fused-ring (bicyclic) bond motifs is 1. The van der Waals surface area contributed by atoms with Crippen LogP contribution in [0.2, 0.25) is 0 Å². The molecule has 0 aliphatic heterocycles. The second kappa shape index (κ2) is 2.96. The Morgan fingerprint density at radius 2 is 2.31 bits per heavy atom. The zero-order valence-corrected chi connectivity index (χ0v) is 8.46. The van der Waals surface area contributed by atoms with E-state index < -0.39 is 0 Å². The zero-order valence-electron chi connectivity index (χ0n) is 6.87. The van der Waals surface area contributed by atoms with Gasteiger partial charge in [0, 0.05) is 10.9 Å². The van der Waals surface area contributed by atoms with Crippen molar-refractivity contribution in [2.24, 2.45) is 0 Å². The highest BCUT2D eigenvalue weighted by atomic mass is 79.9. The number of nitrogens with zero attached hydrogens (tertiary/aromatic N) is 1. The molecule has 0 bridgehead atoms. The Bertz CT molecular complexity index is 476. The van der Waals surface area contributed by atoms with Gasteiger partial charge in [0.25, 0.3) is 0 Å². The molecule has 1 heterocycles. The van der Waals surface area contributed by atoms with Crippen LogP contribution >= 0.6 is 15.9 Å². The third-order valence-corrected chi connectivity index (χ3v) is 2.45. The molecule has 0 spiro atoms. The molecular formula is C9H6BrNO2. The van der Waals surface area contributed by atoms with E-state index in [0.29, 0.717) is 11.1 Å². The predicted octanol–water partition coefficient (Wildman–Crippen LogP) is 2.71. The third kappa shape index (κ3) is 1.27. The lowest BCUT2D eigenvalue weighted by Crippen LogP contribution is -1.80. The Balaban J connectivity index is 2.87.